The number of carbonyl (C=O) groups is 1. The molecule has 0 radical (unpaired) electrons. The molecule has 0 N–H and O–H groups in total. The lowest BCUT2D eigenvalue weighted by atomic mass is 10.1. The van der Waals surface area contributed by atoms with Crippen molar-refractivity contribution < 1.29 is 14.3 Å². The average molecular weight is 142 g/mol. The van der Waals surface area contributed by atoms with Crippen LogP contribution in [0.3, 0.4) is 0 Å². The number of allylic oxidation sites excluding steroid dienone is 1. The van der Waals surface area contributed by atoms with Crippen LogP contribution >= 0.6 is 0 Å². The maximum Gasteiger partial charge on any atom is 0.524 e. The second-order valence-corrected chi connectivity index (χ2v) is 2.33. The van der Waals surface area contributed by atoms with Crippen molar-refractivity contribution in [3.63, 3.8) is 0 Å². The lowest BCUT2D eigenvalue weighted by molar-refractivity contribution is -0.0275. The van der Waals surface area contributed by atoms with E-state index in [0.717, 1.165) is 6.42 Å². The van der Waals surface area contributed by atoms with Gasteiger partial charge in [0.15, 0.2) is 0 Å². The van der Waals surface area contributed by atoms with Gasteiger partial charge in [0.25, 0.3) is 5.95 Å². The fraction of sp³-hybridized carbons (Fsp3) is 0.571. The highest BCUT2D eigenvalue weighted by Gasteiger charge is 2.23. The van der Waals surface area contributed by atoms with Gasteiger partial charge in [-0.25, -0.2) is 4.79 Å². The molecule has 0 aromatic carbocycles. The lowest BCUT2D eigenvalue weighted by Gasteiger charge is -2.16. The molecule has 0 bridgehead atoms. The lowest BCUT2D eigenvalue weighted by Crippen LogP contribution is -2.20. The van der Waals surface area contributed by atoms with E-state index in [1.807, 2.05) is 6.92 Å². The smallest absolute Gasteiger partial charge is 0.360 e. The van der Waals surface area contributed by atoms with Gasteiger partial charge in [-0.15, -0.1) is 0 Å². The molecule has 1 rings (SSSR count). The van der Waals surface area contributed by atoms with Gasteiger partial charge in [-0.2, -0.15) is 0 Å². The van der Waals surface area contributed by atoms with E-state index < -0.39 is 6.16 Å². The number of cyclic esters (lactones) is 2. The van der Waals surface area contributed by atoms with Gasteiger partial charge >= 0.3 is 6.16 Å². The molecular weight excluding hydrogens is 132 g/mol. The molecular formula is C7H10O3. The predicted molar refractivity (Wildman–Crippen MR) is 35.1 cm³/mol. The number of ether oxygens (including phenoxy) is 2. The molecule has 0 aromatic rings. The topological polar surface area (TPSA) is 35.5 Å². The van der Waals surface area contributed by atoms with Crippen LogP contribution in [0.4, 0.5) is 4.79 Å². The summed E-state index contributed by atoms with van der Waals surface area (Å²) in [6.45, 7) is 4.09. The average Bonchev–Trinajstić information content (AvgIpc) is 1.84. The molecule has 1 saturated heterocycles. The standard InChI is InChI=1S/C7H10O3/c1-3-5(2)4-6-9-7(8)10-6/h4-5H,3H2,1-2H3. The van der Waals surface area contributed by atoms with Crippen LogP contribution < -0.4 is 0 Å². The molecule has 0 amide bonds. The Hall–Kier alpha value is -0.990. The Morgan fingerprint density at radius 1 is 1.60 bits per heavy atom. The van der Waals surface area contributed by atoms with E-state index in [1.54, 1.807) is 6.08 Å². The van der Waals surface area contributed by atoms with Crippen molar-refractivity contribution in [3.8, 4) is 0 Å². The normalized spacial score (nSPS) is 18.6. The van der Waals surface area contributed by atoms with Crippen LogP contribution in [0.15, 0.2) is 12.0 Å². The fourth-order valence-corrected chi connectivity index (χ4v) is 0.590. The molecule has 3 nitrogen and oxygen atoms in total. The Morgan fingerprint density at radius 3 is 2.60 bits per heavy atom. The first-order valence-corrected chi connectivity index (χ1v) is 3.34. The van der Waals surface area contributed by atoms with Gasteiger partial charge in [-0.1, -0.05) is 13.8 Å². The first-order chi connectivity index (χ1) is 4.72. The maximum absolute atomic E-state index is 10.1. The van der Waals surface area contributed by atoms with Crippen LogP contribution in [-0.4, -0.2) is 6.16 Å². The van der Waals surface area contributed by atoms with E-state index in [-0.39, 0.29) is 0 Å². The zero-order chi connectivity index (χ0) is 7.56. The molecule has 0 aromatic heterocycles. The van der Waals surface area contributed by atoms with Gasteiger partial charge in [0.2, 0.25) is 0 Å². The summed E-state index contributed by atoms with van der Waals surface area (Å²) < 4.78 is 9.02. The molecule has 1 fully saturated rings. The predicted octanol–water partition coefficient (Wildman–Crippen LogP) is 2.04. The molecule has 0 spiro atoms. The highest BCUT2D eigenvalue weighted by atomic mass is 16.9. The van der Waals surface area contributed by atoms with Crippen LogP contribution in [0.5, 0.6) is 0 Å². The molecule has 1 heterocycles. The third kappa shape index (κ3) is 1.50. The van der Waals surface area contributed by atoms with Crippen LogP contribution in [0.1, 0.15) is 20.3 Å². The van der Waals surface area contributed by atoms with Crippen molar-refractivity contribution in [1.82, 2.24) is 0 Å². The summed E-state index contributed by atoms with van der Waals surface area (Å²) in [7, 11) is 0. The minimum atomic E-state index is -0.602. The molecule has 0 saturated carbocycles. The van der Waals surface area contributed by atoms with Crippen LogP contribution in [0.2, 0.25) is 0 Å². The highest BCUT2D eigenvalue weighted by Crippen LogP contribution is 2.17. The van der Waals surface area contributed by atoms with E-state index in [0.29, 0.717) is 11.9 Å². The fourth-order valence-electron chi connectivity index (χ4n) is 0.590. The Balaban J connectivity index is 2.35. The van der Waals surface area contributed by atoms with Gasteiger partial charge in [0, 0.05) is 6.08 Å². The summed E-state index contributed by atoms with van der Waals surface area (Å²) in [5, 5.41) is 0. The Kier molecular flexibility index (Phi) is 1.94. The third-order valence-electron chi connectivity index (χ3n) is 1.43. The molecule has 10 heavy (non-hydrogen) atoms. The number of carbonyl (C=O) groups excluding carboxylic acids is 1. The Labute approximate surface area is 59.6 Å². The minimum absolute atomic E-state index is 0.347. The van der Waals surface area contributed by atoms with Gasteiger partial charge < -0.3 is 9.47 Å². The second-order valence-electron chi connectivity index (χ2n) is 2.33. The summed E-state index contributed by atoms with van der Waals surface area (Å²) >= 11 is 0. The van der Waals surface area contributed by atoms with Gasteiger partial charge in [-0.3, -0.25) is 0 Å². The van der Waals surface area contributed by atoms with Crippen molar-refractivity contribution in [2.75, 3.05) is 0 Å². The van der Waals surface area contributed by atoms with Crippen molar-refractivity contribution in [2.24, 2.45) is 5.92 Å². The molecule has 0 aliphatic carbocycles. The van der Waals surface area contributed by atoms with Gasteiger partial charge in [0.1, 0.15) is 0 Å². The molecule has 56 valence electrons. The van der Waals surface area contributed by atoms with Crippen molar-refractivity contribution >= 4 is 6.16 Å². The molecule has 1 aliphatic heterocycles. The first kappa shape index (κ1) is 7.12. The molecule has 1 atom stereocenters. The summed E-state index contributed by atoms with van der Waals surface area (Å²) in [5.41, 5.74) is 0. The Morgan fingerprint density at radius 2 is 2.20 bits per heavy atom. The van der Waals surface area contributed by atoms with E-state index in [1.165, 1.54) is 0 Å². The summed E-state index contributed by atoms with van der Waals surface area (Å²) in [6.07, 6.45) is 2.21. The zero-order valence-corrected chi connectivity index (χ0v) is 6.09. The van der Waals surface area contributed by atoms with E-state index in [4.69, 9.17) is 0 Å². The first-order valence-electron chi connectivity index (χ1n) is 3.34. The van der Waals surface area contributed by atoms with Crippen molar-refractivity contribution in [1.29, 1.82) is 0 Å². The summed E-state index contributed by atoms with van der Waals surface area (Å²) in [6, 6.07) is 0. The van der Waals surface area contributed by atoms with Crippen LogP contribution in [0.25, 0.3) is 0 Å². The highest BCUT2D eigenvalue weighted by molar-refractivity contribution is 5.67. The van der Waals surface area contributed by atoms with Crippen molar-refractivity contribution in [3.05, 3.63) is 12.0 Å². The number of rotatable bonds is 2. The van der Waals surface area contributed by atoms with E-state index in [2.05, 4.69) is 16.4 Å². The van der Waals surface area contributed by atoms with E-state index >= 15 is 0 Å². The largest absolute Gasteiger partial charge is 0.524 e. The molecule has 3 heteroatoms. The monoisotopic (exact) mass is 142 g/mol. The minimum Gasteiger partial charge on any atom is -0.360 e. The number of hydrogen-bond donors (Lipinski definition) is 0. The zero-order valence-electron chi connectivity index (χ0n) is 6.09. The van der Waals surface area contributed by atoms with E-state index in [9.17, 15) is 4.79 Å². The van der Waals surface area contributed by atoms with Crippen LogP contribution in [-0.2, 0) is 9.47 Å². The van der Waals surface area contributed by atoms with Gasteiger partial charge in [0.05, 0.1) is 0 Å². The number of hydrogen-bond acceptors (Lipinski definition) is 3. The summed E-state index contributed by atoms with van der Waals surface area (Å²) in [4.78, 5) is 10.1. The summed E-state index contributed by atoms with van der Waals surface area (Å²) in [5.74, 6) is 0.752. The third-order valence-corrected chi connectivity index (χ3v) is 1.43. The van der Waals surface area contributed by atoms with Crippen LogP contribution in [0, 0.1) is 5.92 Å². The Bertz CT molecular complexity index is 162. The second kappa shape index (κ2) is 2.73. The maximum atomic E-state index is 10.1. The molecule has 1 unspecified atom stereocenters. The molecule has 1 aliphatic rings. The van der Waals surface area contributed by atoms with Crippen molar-refractivity contribution in [2.45, 2.75) is 20.3 Å². The quantitative estimate of drug-likeness (QED) is 0.553. The SMILES string of the molecule is CCC(C)C=C1OC(=O)O1. The van der Waals surface area contributed by atoms with Gasteiger partial charge in [-0.05, 0) is 12.3 Å².